The van der Waals surface area contributed by atoms with Crippen LogP contribution in [0, 0.1) is 11.3 Å². The Kier molecular flexibility index (Phi) is 4.29. The summed E-state index contributed by atoms with van der Waals surface area (Å²) in [5, 5.41) is 1.04. The largest absolute Gasteiger partial charge is 0.348 e. The molecule has 1 saturated heterocycles. The van der Waals surface area contributed by atoms with Crippen LogP contribution in [0.2, 0.25) is 0 Å². The maximum Gasteiger partial charge on any atom is 0.186 e. The molecule has 0 aliphatic carbocycles. The second-order valence-electron chi connectivity index (χ2n) is 6.47. The third-order valence-electron chi connectivity index (χ3n) is 3.99. The van der Waals surface area contributed by atoms with Crippen molar-refractivity contribution in [3.63, 3.8) is 0 Å². The molecule has 3 nitrogen and oxygen atoms in total. The number of nitrogens with zero attached hydrogens (tertiary/aromatic N) is 2. The number of hydrogen-bond acceptors (Lipinski definition) is 4. The van der Waals surface area contributed by atoms with Crippen LogP contribution in [0.15, 0.2) is 0 Å². The first-order valence-corrected chi connectivity index (χ1v) is 7.97. The van der Waals surface area contributed by atoms with Gasteiger partial charge in [0.1, 0.15) is 0 Å². The van der Waals surface area contributed by atoms with E-state index in [9.17, 15) is 4.79 Å². The fourth-order valence-corrected chi connectivity index (χ4v) is 3.60. The normalized spacial score (nSPS) is 20.0. The second kappa shape index (κ2) is 5.61. The third kappa shape index (κ3) is 3.16. The Morgan fingerprint density at radius 3 is 2.74 bits per heavy atom. The van der Waals surface area contributed by atoms with Crippen molar-refractivity contribution in [1.82, 2.24) is 4.98 Å². The standard InChI is InChI=1S/C15H24N2OS/c1-5-6-12-13(10-18)19-14(16-12)17-8-7-11(9-17)15(2,3)4/h10-11H,5-9H2,1-4H3. The monoisotopic (exact) mass is 280 g/mol. The molecular weight excluding hydrogens is 256 g/mol. The van der Waals surface area contributed by atoms with Crippen LogP contribution < -0.4 is 4.90 Å². The molecule has 1 atom stereocenters. The fraction of sp³-hybridized carbons (Fsp3) is 0.733. The smallest absolute Gasteiger partial charge is 0.186 e. The van der Waals surface area contributed by atoms with Crippen LogP contribution in [-0.4, -0.2) is 24.4 Å². The van der Waals surface area contributed by atoms with Gasteiger partial charge in [-0.05, 0) is 24.2 Å². The molecule has 1 aromatic rings. The lowest BCUT2D eigenvalue weighted by Gasteiger charge is -2.26. The molecule has 1 unspecified atom stereocenters. The Bertz CT molecular complexity index is 447. The number of carbonyl (C=O) groups excluding carboxylic acids is 1. The average Bonchev–Trinajstić information content (AvgIpc) is 2.93. The Balaban J connectivity index is 2.13. The zero-order valence-corrected chi connectivity index (χ0v) is 13.2. The Hall–Kier alpha value is -0.900. The summed E-state index contributed by atoms with van der Waals surface area (Å²) >= 11 is 1.56. The van der Waals surface area contributed by atoms with Gasteiger partial charge in [0.25, 0.3) is 0 Å². The van der Waals surface area contributed by atoms with Crippen molar-refractivity contribution in [2.45, 2.75) is 47.0 Å². The van der Waals surface area contributed by atoms with Crippen LogP contribution >= 0.6 is 11.3 Å². The number of hydrogen-bond donors (Lipinski definition) is 0. The third-order valence-corrected chi connectivity index (χ3v) is 5.08. The predicted octanol–water partition coefficient (Wildman–Crippen LogP) is 3.78. The number of rotatable bonds is 4. The van der Waals surface area contributed by atoms with Gasteiger partial charge in [0, 0.05) is 13.1 Å². The first kappa shape index (κ1) is 14.5. The maximum absolute atomic E-state index is 11.1. The van der Waals surface area contributed by atoms with Gasteiger partial charge < -0.3 is 4.90 Å². The molecule has 0 saturated carbocycles. The molecule has 0 spiro atoms. The molecule has 0 radical (unpaired) electrons. The quantitative estimate of drug-likeness (QED) is 0.787. The molecule has 2 heterocycles. The molecule has 4 heteroatoms. The number of carbonyl (C=O) groups is 1. The number of aryl methyl sites for hydroxylation is 1. The molecule has 1 fully saturated rings. The molecule has 0 N–H and O–H groups in total. The minimum atomic E-state index is 0.353. The summed E-state index contributed by atoms with van der Waals surface area (Å²) in [6.45, 7) is 11.2. The van der Waals surface area contributed by atoms with Gasteiger partial charge in [-0.25, -0.2) is 4.98 Å². The highest BCUT2D eigenvalue weighted by Crippen LogP contribution is 2.37. The van der Waals surface area contributed by atoms with Crippen LogP contribution in [0.5, 0.6) is 0 Å². The van der Waals surface area contributed by atoms with Crippen molar-refractivity contribution in [1.29, 1.82) is 0 Å². The topological polar surface area (TPSA) is 33.2 Å². The van der Waals surface area contributed by atoms with Crippen LogP contribution in [0.4, 0.5) is 5.13 Å². The van der Waals surface area contributed by atoms with Gasteiger partial charge >= 0.3 is 0 Å². The number of aromatic nitrogens is 1. The van der Waals surface area contributed by atoms with E-state index in [-0.39, 0.29) is 0 Å². The van der Waals surface area contributed by atoms with E-state index in [0.29, 0.717) is 11.3 Å². The van der Waals surface area contributed by atoms with Crippen LogP contribution in [-0.2, 0) is 6.42 Å². The van der Waals surface area contributed by atoms with E-state index in [2.05, 4.69) is 37.6 Å². The fourth-order valence-electron chi connectivity index (χ4n) is 2.63. The summed E-state index contributed by atoms with van der Waals surface area (Å²) < 4.78 is 0. The maximum atomic E-state index is 11.1. The molecular formula is C15H24N2OS. The highest BCUT2D eigenvalue weighted by molar-refractivity contribution is 7.17. The van der Waals surface area contributed by atoms with Gasteiger partial charge in [0.15, 0.2) is 11.4 Å². The Morgan fingerprint density at radius 2 is 2.21 bits per heavy atom. The van der Waals surface area contributed by atoms with E-state index in [1.54, 1.807) is 11.3 Å². The molecule has 2 rings (SSSR count). The first-order valence-electron chi connectivity index (χ1n) is 7.15. The minimum Gasteiger partial charge on any atom is -0.348 e. The molecule has 1 aromatic heterocycles. The van der Waals surface area contributed by atoms with E-state index in [0.717, 1.165) is 47.9 Å². The van der Waals surface area contributed by atoms with Gasteiger partial charge in [-0.3, -0.25) is 4.79 Å². The summed E-state index contributed by atoms with van der Waals surface area (Å²) in [7, 11) is 0. The number of anilines is 1. The van der Waals surface area contributed by atoms with E-state index in [1.807, 2.05) is 0 Å². The zero-order chi connectivity index (χ0) is 14.0. The minimum absolute atomic E-state index is 0.353. The summed E-state index contributed by atoms with van der Waals surface area (Å²) in [6, 6.07) is 0. The number of thiazole rings is 1. The van der Waals surface area contributed by atoms with Crippen LogP contribution in [0.1, 0.15) is 55.9 Å². The van der Waals surface area contributed by atoms with Gasteiger partial charge in [-0.1, -0.05) is 45.5 Å². The van der Waals surface area contributed by atoms with Gasteiger partial charge in [0.05, 0.1) is 10.6 Å². The first-order chi connectivity index (χ1) is 8.95. The zero-order valence-electron chi connectivity index (χ0n) is 12.4. The molecule has 0 bridgehead atoms. The highest BCUT2D eigenvalue weighted by Gasteiger charge is 2.33. The SMILES string of the molecule is CCCc1nc(N2CCC(C(C)(C)C)C2)sc1C=O. The predicted molar refractivity (Wildman–Crippen MR) is 81.3 cm³/mol. The van der Waals surface area contributed by atoms with Crippen molar-refractivity contribution in [2.75, 3.05) is 18.0 Å². The van der Waals surface area contributed by atoms with Crippen molar-refractivity contribution >= 4 is 22.8 Å². The second-order valence-corrected chi connectivity index (χ2v) is 7.48. The highest BCUT2D eigenvalue weighted by atomic mass is 32.1. The van der Waals surface area contributed by atoms with Gasteiger partial charge in [0.2, 0.25) is 0 Å². The number of aldehydes is 1. The molecule has 1 aliphatic rings. The summed E-state index contributed by atoms with van der Waals surface area (Å²) in [4.78, 5) is 19.0. The van der Waals surface area contributed by atoms with E-state index >= 15 is 0 Å². The van der Waals surface area contributed by atoms with Crippen LogP contribution in [0.25, 0.3) is 0 Å². The van der Waals surface area contributed by atoms with Gasteiger partial charge in [-0.2, -0.15) is 0 Å². The van der Waals surface area contributed by atoms with E-state index < -0.39 is 0 Å². The van der Waals surface area contributed by atoms with Crippen molar-refractivity contribution in [3.8, 4) is 0 Å². The Labute approximate surface area is 120 Å². The molecule has 0 amide bonds. The van der Waals surface area contributed by atoms with Crippen molar-refractivity contribution in [3.05, 3.63) is 10.6 Å². The van der Waals surface area contributed by atoms with Crippen LogP contribution in [0.3, 0.4) is 0 Å². The average molecular weight is 280 g/mol. The van der Waals surface area contributed by atoms with Gasteiger partial charge in [-0.15, -0.1) is 0 Å². The van der Waals surface area contributed by atoms with E-state index in [1.165, 1.54) is 6.42 Å². The Morgan fingerprint density at radius 1 is 1.47 bits per heavy atom. The summed E-state index contributed by atoms with van der Waals surface area (Å²) in [6.07, 6.45) is 4.13. The summed E-state index contributed by atoms with van der Waals surface area (Å²) in [5.74, 6) is 0.714. The lowest BCUT2D eigenvalue weighted by atomic mass is 9.80. The van der Waals surface area contributed by atoms with E-state index in [4.69, 9.17) is 0 Å². The molecule has 1 aliphatic heterocycles. The summed E-state index contributed by atoms with van der Waals surface area (Å²) in [5.41, 5.74) is 1.34. The molecule has 0 aromatic carbocycles. The van der Waals surface area contributed by atoms with Crippen molar-refractivity contribution in [2.24, 2.45) is 11.3 Å². The molecule has 19 heavy (non-hydrogen) atoms. The lowest BCUT2D eigenvalue weighted by Crippen LogP contribution is -2.25. The molecule has 106 valence electrons. The lowest BCUT2D eigenvalue weighted by molar-refractivity contribution is 0.112. The van der Waals surface area contributed by atoms with Crippen molar-refractivity contribution < 1.29 is 4.79 Å².